The lowest BCUT2D eigenvalue weighted by Crippen LogP contribution is -2.49. The van der Waals surface area contributed by atoms with Gasteiger partial charge in [-0.2, -0.15) is 0 Å². The van der Waals surface area contributed by atoms with Crippen molar-refractivity contribution in [3.8, 4) is 5.75 Å². The second kappa shape index (κ2) is 22.0. The molecule has 10 heteroatoms. The predicted octanol–water partition coefficient (Wildman–Crippen LogP) is 11.5. The minimum atomic E-state index is -2.19. The van der Waals surface area contributed by atoms with Gasteiger partial charge in [0.2, 0.25) is 11.5 Å². The van der Waals surface area contributed by atoms with Crippen LogP contribution in [-0.4, -0.2) is 56.8 Å². The first-order valence-electron chi connectivity index (χ1n) is 24.6. The molecular weight excluding hydrogens is 871 g/mol. The van der Waals surface area contributed by atoms with Crippen molar-refractivity contribution in [2.45, 2.75) is 82.7 Å². The topological polar surface area (TPSA) is 122 Å². The van der Waals surface area contributed by atoms with Crippen LogP contribution in [0.4, 0.5) is 11.4 Å². The van der Waals surface area contributed by atoms with E-state index in [0.717, 1.165) is 90.9 Å². The summed E-state index contributed by atoms with van der Waals surface area (Å²) in [6, 6.07) is 55.2. The smallest absolute Gasteiger partial charge is 0.248 e. The molecule has 2 unspecified atom stereocenters. The zero-order valence-corrected chi connectivity index (χ0v) is 42.0. The molecule has 0 aliphatic carbocycles. The van der Waals surface area contributed by atoms with Gasteiger partial charge in [0.15, 0.2) is 8.32 Å². The molecule has 8 rings (SSSR count). The maximum Gasteiger partial charge on any atom is 0.248 e. The highest BCUT2D eigenvalue weighted by atomic mass is 28.4. The van der Waals surface area contributed by atoms with Crippen molar-refractivity contribution in [2.24, 2.45) is 11.7 Å². The van der Waals surface area contributed by atoms with Crippen LogP contribution in [0.25, 0.3) is 10.9 Å². The lowest BCUT2D eigenvalue weighted by molar-refractivity contribution is -0.123. The standard InChI is InChI=1S/C59H69N5O4Si/c1-58(2,3)69(4,5)68-54(51-31-33-53(56-52(51)32-34-55(65)63-56)67-42-45-16-9-6-10-17-45)40-61-37-35-44-25-29-50(30-26-44)62-49-27-23-43(24-28-49)18-15-38-64-39-36-48(41-64)59(57(60)66,46-19-11-7-12-20-46)47-21-13-8-14-22-47/h6-14,16-17,19-34,48,54,61-62H,15,18,35-42H2,1-5H3,(H2,60,66)(H,63,65). The van der Waals surface area contributed by atoms with Crippen molar-refractivity contribution in [3.63, 3.8) is 0 Å². The predicted molar refractivity (Wildman–Crippen MR) is 285 cm³/mol. The number of carbonyl (C=O) groups excluding carboxylic acids is 1. The molecule has 5 N–H and O–H groups in total. The van der Waals surface area contributed by atoms with Crippen molar-refractivity contribution in [1.29, 1.82) is 0 Å². The van der Waals surface area contributed by atoms with E-state index < -0.39 is 13.7 Å². The Balaban J connectivity index is 0.833. The van der Waals surface area contributed by atoms with E-state index in [1.54, 1.807) is 6.07 Å². The number of pyridine rings is 1. The molecular formula is C59H69N5O4Si. The minimum absolute atomic E-state index is 0.0159. The number of aryl methyl sites for hydroxylation is 1. The zero-order chi connectivity index (χ0) is 48.4. The number of primary amides is 1. The Morgan fingerprint density at radius 3 is 1.94 bits per heavy atom. The maximum absolute atomic E-state index is 13.5. The second-order valence-corrected chi connectivity index (χ2v) is 24.9. The molecule has 0 saturated carbocycles. The average molecular weight is 940 g/mol. The summed E-state index contributed by atoms with van der Waals surface area (Å²) < 4.78 is 13.4. The van der Waals surface area contributed by atoms with Gasteiger partial charge in [0, 0.05) is 35.9 Å². The van der Waals surface area contributed by atoms with Crippen LogP contribution in [-0.2, 0) is 34.1 Å². The SMILES string of the molecule is CC(C)(C)[Si](C)(C)OC(CNCCc1ccc(Nc2ccc(CCCN3CCC(C(C(N)=O)(c4ccccc4)c4ccccc4)C3)cc2)cc1)c1ccc(OCc2ccccc2)c2[nH]c(=O)ccc12. The van der Waals surface area contributed by atoms with E-state index in [9.17, 15) is 9.59 Å². The van der Waals surface area contributed by atoms with Crippen molar-refractivity contribution < 1.29 is 14.0 Å². The Hall–Kier alpha value is -6.30. The van der Waals surface area contributed by atoms with E-state index in [-0.39, 0.29) is 28.5 Å². The number of benzene rings is 6. The number of hydrogen-bond acceptors (Lipinski definition) is 7. The molecule has 2 atom stereocenters. The lowest BCUT2D eigenvalue weighted by Gasteiger charge is -2.39. The second-order valence-electron chi connectivity index (χ2n) is 20.2. The van der Waals surface area contributed by atoms with Crippen LogP contribution >= 0.6 is 0 Å². The first-order valence-corrected chi connectivity index (χ1v) is 27.5. The maximum atomic E-state index is 13.5. The summed E-state index contributed by atoms with van der Waals surface area (Å²) in [5.74, 6) is 0.459. The highest BCUT2D eigenvalue weighted by Gasteiger charge is 2.49. The summed E-state index contributed by atoms with van der Waals surface area (Å²) in [7, 11) is -2.19. The molecule has 1 aliphatic heterocycles. The van der Waals surface area contributed by atoms with Crippen molar-refractivity contribution in [1.82, 2.24) is 15.2 Å². The van der Waals surface area contributed by atoms with E-state index >= 15 is 0 Å². The molecule has 1 amide bonds. The highest BCUT2D eigenvalue weighted by molar-refractivity contribution is 6.74. The fraction of sp³-hybridized carbons (Fsp3) is 0.322. The van der Waals surface area contributed by atoms with Crippen LogP contribution in [0.5, 0.6) is 5.75 Å². The zero-order valence-electron chi connectivity index (χ0n) is 41.0. The van der Waals surface area contributed by atoms with Gasteiger partial charge in [-0.25, -0.2) is 0 Å². The number of rotatable bonds is 21. The van der Waals surface area contributed by atoms with Crippen LogP contribution in [0.15, 0.2) is 169 Å². The number of ether oxygens (including phenoxy) is 1. The Labute approximate surface area is 409 Å². The monoisotopic (exact) mass is 940 g/mol. The average Bonchev–Trinajstić information content (AvgIpc) is 3.82. The Morgan fingerprint density at radius 2 is 1.35 bits per heavy atom. The number of anilines is 2. The summed E-state index contributed by atoms with van der Waals surface area (Å²) >= 11 is 0. The number of likely N-dealkylation sites (tertiary alicyclic amines) is 1. The Bertz CT molecular complexity index is 2770. The van der Waals surface area contributed by atoms with E-state index in [1.165, 1.54) is 11.1 Å². The Morgan fingerprint density at radius 1 is 0.754 bits per heavy atom. The molecule has 6 aromatic carbocycles. The number of fused-ring (bicyclic) bond motifs is 1. The third kappa shape index (κ3) is 11.8. The van der Waals surface area contributed by atoms with E-state index in [1.807, 2.05) is 78.9 Å². The summed E-state index contributed by atoms with van der Waals surface area (Å²) in [6.07, 6.45) is 3.59. The highest BCUT2D eigenvalue weighted by Crippen LogP contribution is 2.44. The van der Waals surface area contributed by atoms with Gasteiger partial charge in [0.05, 0.1) is 11.6 Å². The first kappa shape index (κ1) is 49.1. The molecule has 7 aromatic rings. The van der Waals surface area contributed by atoms with Gasteiger partial charge in [-0.3, -0.25) is 9.59 Å². The molecule has 358 valence electrons. The fourth-order valence-corrected chi connectivity index (χ4v) is 11.0. The molecule has 1 aromatic heterocycles. The van der Waals surface area contributed by atoms with Crippen molar-refractivity contribution in [3.05, 3.63) is 208 Å². The first-order chi connectivity index (χ1) is 33.3. The summed E-state index contributed by atoms with van der Waals surface area (Å²) in [5.41, 5.74) is 14.7. The van der Waals surface area contributed by atoms with Crippen LogP contribution in [0.2, 0.25) is 18.1 Å². The number of nitrogens with two attached hydrogens (primary N) is 1. The lowest BCUT2D eigenvalue weighted by atomic mass is 9.64. The molecule has 0 radical (unpaired) electrons. The molecule has 2 heterocycles. The molecule has 0 spiro atoms. The molecule has 1 saturated heterocycles. The van der Waals surface area contributed by atoms with Gasteiger partial charge >= 0.3 is 0 Å². The number of amides is 1. The van der Waals surface area contributed by atoms with E-state index in [0.29, 0.717) is 24.4 Å². The van der Waals surface area contributed by atoms with Gasteiger partial charge in [-0.1, -0.05) is 142 Å². The summed E-state index contributed by atoms with van der Waals surface area (Å²) in [6.45, 7) is 15.9. The molecule has 69 heavy (non-hydrogen) atoms. The van der Waals surface area contributed by atoms with Crippen LogP contribution in [0, 0.1) is 5.92 Å². The molecule has 0 bridgehead atoms. The molecule has 9 nitrogen and oxygen atoms in total. The summed E-state index contributed by atoms with van der Waals surface area (Å²) in [4.78, 5) is 31.7. The number of nitrogens with zero attached hydrogens (tertiary/aromatic N) is 1. The molecule has 1 fully saturated rings. The largest absolute Gasteiger partial charge is 0.487 e. The van der Waals surface area contributed by atoms with Gasteiger partial charge < -0.3 is 35.4 Å². The third-order valence-electron chi connectivity index (χ3n) is 14.5. The number of carbonyl (C=O) groups is 1. The van der Waals surface area contributed by atoms with Gasteiger partial charge in [0.1, 0.15) is 17.8 Å². The normalized spacial score (nSPS) is 15.0. The third-order valence-corrected chi connectivity index (χ3v) is 19.0. The van der Waals surface area contributed by atoms with Crippen molar-refractivity contribution in [2.75, 3.05) is 38.0 Å². The Kier molecular flexibility index (Phi) is 15.6. The van der Waals surface area contributed by atoms with Gasteiger partial charge in [-0.15, -0.1) is 0 Å². The van der Waals surface area contributed by atoms with Crippen LogP contribution in [0.1, 0.15) is 73.1 Å². The number of aromatic nitrogens is 1. The van der Waals surface area contributed by atoms with Crippen molar-refractivity contribution >= 4 is 36.5 Å². The van der Waals surface area contributed by atoms with Gasteiger partial charge in [0.25, 0.3) is 0 Å². The quantitative estimate of drug-likeness (QED) is 0.0418. The van der Waals surface area contributed by atoms with Gasteiger partial charge in [-0.05, 0) is 139 Å². The number of aromatic amines is 1. The fourth-order valence-electron chi connectivity index (χ4n) is 9.70. The van der Waals surface area contributed by atoms with Crippen LogP contribution in [0.3, 0.4) is 0 Å². The van der Waals surface area contributed by atoms with E-state index in [2.05, 4.69) is 133 Å². The number of H-pyrrole nitrogens is 1. The number of hydrogen-bond donors (Lipinski definition) is 4. The minimum Gasteiger partial charge on any atom is -0.487 e. The van der Waals surface area contributed by atoms with Crippen LogP contribution < -0.4 is 26.7 Å². The molecule has 1 aliphatic rings. The number of nitrogens with one attached hydrogen (secondary N) is 3. The van der Waals surface area contributed by atoms with E-state index in [4.69, 9.17) is 14.9 Å². The summed E-state index contributed by atoms with van der Waals surface area (Å²) in [5, 5.41) is 8.24.